The number of aryl methyl sites for hydroxylation is 1. The van der Waals surface area contributed by atoms with Crippen LogP contribution in [0.5, 0.6) is 0 Å². The standard InChI is InChI=1S/C6H4N2O3S2/c1-3-2-7-5-4(8-3)6(9)12-13(5,10)11/h2H,1H3. The van der Waals surface area contributed by atoms with Crippen LogP contribution in [-0.2, 0) is 8.87 Å². The van der Waals surface area contributed by atoms with E-state index in [0.717, 1.165) is 0 Å². The fraction of sp³-hybridized carbons (Fsp3) is 0.167. The molecule has 0 saturated carbocycles. The minimum Gasteiger partial charge on any atom is -0.279 e. The molecule has 0 fully saturated rings. The quantitative estimate of drug-likeness (QED) is 0.583. The monoisotopic (exact) mass is 216 g/mol. The lowest BCUT2D eigenvalue weighted by atomic mass is 10.4. The van der Waals surface area contributed by atoms with Gasteiger partial charge in [0.25, 0.3) is 14.0 Å². The molecule has 68 valence electrons. The van der Waals surface area contributed by atoms with Gasteiger partial charge in [-0.1, -0.05) is 0 Å². The zero-order valence-corrected chi connectivity index (χ0v) is 8.15. The first-order chi connectivity index (χ1) is 6.00. The van der Waals surface area contributed by atoms with Gasteiger partial charge in [0, 0.05) is 6.20 Å². The Morgan fingerprint density at radius 2 is 2.15 bits per heavy atom. The van der Waals surface area contributed by atoms with Crippen molar-refractivity contribution in [2.24, 2.45) is 0 Å². The van der Waals surface area contributed by atoms with Gasteiger partial charge in [-0.15, -0.1) is 0 Å². The largest absolute Gasteiger partial charge is 0.279 e. The van der Waals surface area contributed by atoms with Gasteiger partial charge in [-0.2, -0.15) is 0 Å². The summed E-state index contributed by atoms with van der Waals surface area (Å²) in [6.45, 7) is 1.65. The van der Waals surface area contributed by atoms with Crippen molar-refractivity contribution in [3.63, 3.8) is 0 Å². The van der Waals surface area contributed by atoms with E-state index in [-0.39, 0.29) is 21.5 Å². The van der Waals surface area contributed by atoms with Crippen LogP contribution in [0.2, 0.25) is 0 Å². The molecule has 0 saturated heterocycles. The smallest absolute Gasteiger partial charge is 0.257 e. The number of carbonyl (C=O) groups excluding carboxylic acids is 1. The highest BCUT2D eigenvalue weighted by molar-refractivity contribution is 8.78. The molecule has 7 heteroatoms. The summed E-state index contributed by atoms with van der Waals surface area (Å²) in [6.07, 6.45) is 1.33. The van der Waals surface area contributed by atoms with E-state index in [2.05, 4.69) is 9.97 Å². The number of hydrogen-bond acceptors (Lipinski definition) is 6. The van der Waals surface area contributed by atoms with Gasteiger partial charge in [0.15, 0.2) is 10.7 Å². The van der Waals surface area contributed by atoms with Crippen molar-refractivity contribution in [3.05, 3.63) is 17.6 Å². The van der Waals surface area contributed by atoms with Crippen molar-refractivity contribution < 1.29 is 13.2 Å². The van der Waals surface area contributed by atoms with E-state index in [0.29, 0.717) is 5.69 Å². The highest BCUT2D eigenvalue weighted by atomic mass is 33.1. The van der Waals surface area contributed by atoms with E-state index in [1.54, 1.807) is 6.92 Å². The second-order valence-corrected chi connectivity index (χ2v) is 6.14. The maximum Gasteiger partial charge on any atom is 0.257 e. The van der Waals surface area contributed by atoms with Crippen LogP contribution in [0.15, 0.2) is 11.2 Å². The van der Waals surface area contributed by atoms with Gasteiger partial charge in [-0.25, -0.2) is 18.4 Å². The molecule has 0 bridgehead atoms. The van der Waals surface area contributed by atoms with Crippen molar-refractivity contribution in [2.75, 3.05) is 0 Å². The Hall–Kier alpha value is -0.950. The summed E-state index contributed by atoms with van der Waals surface area (Å²) in [5, 5.41) is -0.765. The topological polar surface area (TPSA) is 77.0 Å². The van der Waals surface area contributed by atoms with Gasteiger partial charge < -0.3 is 0 Å². The van der Waals surface area contributed by atoms with Crippen LogP contribution in [0, 0.1) is 6.92 Å². The van der Waals surface area contributed by atoms with Crippen LogP contribution in [-0.4, -0.2) is 23.5 Å². The first kappa shape index (κ1) is 8.64. The Bertz CT molecular complexity index is 495. The lowest BCUT2D eigenvalue weighted by molar-refractivity contribution is 0.108. The summed E-state index contributed by atoms with van der Waals surface area (Å²) < 4.78 is 22.4. The molecule has 0 N–H and O–H groups in total. The number of carbonyl (C=O) groups is 1. The summed E-state index contributed by atoms with van der Waals surface area (Å²) in [6, 6.07) is 0. The van der Waals surface area contributed by atoms with Crippen LogP contribution in [0.4, 0.5) is 0 Å². The Balaban J connectivity index is 2.80. The molecule has 2 rings (SSSR count). The summed E-state index contributed by atoms with van der Waals surface area (Å²) in [7, 11) is -3.31. The molecule has 5 nitrogen and oxygen atoms in total. The van der Waals surface area contributed by atoms with E-state index in [4.69, 9.17) is 0 Å². The molecule has 0 spiro atoms. The number of nitrogens with zero attached hydrogens (tertiary/aromatic N) is 2. The van der Waals surface area contributed by atoms with Gasteiger partial charge in [0.1, 0.15) is 0 Å². The van der Waals surface area contributed by atoms with Crippen molar-refractivity contribution in [2.45, 2.75) is 11.9 Å². The molecule has 0 radical (unpaired) electrons. The van der Waals surface area contributed by atoms with Crippen LogP contribution in [0.25, 0.3) is 0 Å². The zero-order valence-electron chi connectivity index (χ0n) is 6.51. The van der Waals surface area contributed by atoms with Crippen molar-refractivity contribution in [3.8, 4) is 0 Å². The van der Waals surface area contributed by atoms with Gasteiger partial charge in [0.2, 0.25) is 0 Å². The summed E-state index contributed by atoms with van der Waals surface area (Å²) in [4.78, 5) is 18.6. The molecule has 1 aromatic heterocycles. The second-order valence-electron chi connectivity index (χ2n) is 2.49. The van der Waals surface area contributed by atoms with Crippen LogP contribution in [0.3, 0.4) is 0 Å². The maximum atomic E-state index is 11.2. The van der Waals surface area contributed by atoms with Gasteiger partial charge in [0.05, 0.1) is 16.5 Å². The Labute approximate surface area is 77.9 Å². The molecule has 1 aliphatic rings. The van der Waals surface area contributed by atoms with Gasteiger partial charge in [-0.3, -0.25) is 4.79 Å². The van der Waals surface area contributed by atoms with Crippen molar-refractivity contribution in [1.29, 1.82) is 0 Å². The second kappa shape index (κ2) is 2.52. The number of aromatic nitrogens is 2. The lowest BCUT2D eigenvalue weighted by Gasteiger charge is -1.93. The zero-order chi connectivity index (χ0) is 9.64. The average Bonchev–Trinajstić information content (AvgIpc) is 2.22. The third kappa shape index (κ3) is 1.24. The van der Waals surface area contributed by atoms with E-state index < -0.39 is 14.0 Å². The fourth-order valence-corrected chi connectivity index (χ4v) is 3.52. The predicted octanol–water partition coefficient (Wildman–Crippen LogP) is 0.361. The number of fused-ring (bicyclic) bond motifs is 1. The SMILES string of the molecule is Cc1cnc2c(n1)C(=O)SS2(=O)=O. The average molecular weight is 216 g/mol. The molecule has 0 atom stereocenters. The van der Waals surface area contributed by atoms with Crippen molar-refractivity contribution >= 4 is 24.8 Å². The molecule has 0 amide bonds. The van der Waals surface area contributed by atoms with E-state index in [1.165, 1.54) is 6.20 Å². The molecular formula is C6H4N2O3S2. The van der Waals surface area contributed by atoms with Crippen LogP contribution in [0.1, 0.15) is 16.2 Å². The molecule has 0 aliphatic carbocycles. The van der Waals surface area contributed by atoms with Crippen molar-refractivity contribution in [1.82, 2.24) is 9.97 Å². The van der Waals surface area contributed by atoms with E-state index in [1.807, 2.05) is 0 Å². The van der Waals surface area contributed by atoms with E-state index in [9.17, 15) is 13.2 Å². The molecule has 2 heterocycles. The molecule has 0 aromatic carbocycles. The summed E-state index contributed by atoms with van der Waals surface area (Å²) in [5.41, 5.74) is 0.481. The highest BCUT2D eigenvalue weighted by Crippen LogP contribution is 2.34. The maximum absolute atomic E-state index is 11.2. The Morgan fingerprint density at radius 3 is 2.85 bits per heavy atom. The predicted molar refractivity (Wildman–Crippen MR) is 45.9 cm³/mol. The lowest BCUT2D eigenvalue weighted by Crippen LogP contribution is -1.99. The Morgan fingerprint density at radius 1 is 1.46 bits per heavy atom. The summed E-state index contributed by atoms with van der Waals surface area (Å²) >= 11 is 0. The van der Waals surface area contributed by atoms with Crippen LogP contribution >= 0.6 is 10.8 Å². The summed E-state index contributed by atoms with van der Waals surface area (Å²) in [5.74, 6) is 0. The van der Waals surface area contributed by atoms with Gasteiger partial charge in [-0.05, 0) is 6.92 Å². The third-order valence-electron chi connectivity index (χ3n) is 1.47. The molecule has 13 heavy (non-hydrogen) atoms. The minimum atomic E-state index is -3.58. The van der Waals surface area contributed by atoms with Gasteiger partial charge >= 0.3 is 0 Å². The molecular weight excluding hydrogens is 212 g/mol. The Kier molecular flexibility index (Phi) is 1.67. The van der Waals surface area contributed by atoms with E-state index >= 15 is 0 Å². The fourth-order valence-electron chi connectivity index (χ4n) is 0.961. The minimum absolute atomic E-state index is 0.0509. The normalized spacial score (nSPS) is 18.7. The first-order valence-corrected chi connectivity index (χ1v) is 6.15. The number of rotatable bonds is 0. The molecule has 0 unspecified atom stereocenters. The molecule has 1 aliphatic heterocycles. The number of hydrogen-bond donors (Lipinski definition) is 0. The molecule has 1 aromatic rings. The third-order valence-corrected chi connectivity index (χ3v) is 4.40. The highest BCUT2D eigenvalue weighted by Gasteiger charge is 2.37. The van der Waals surface area contributed by atoms with Crippen LogP contribution < -0.4 is 0 Å². The first-order valence-electron chi connectivity index (χ1n) is 3.33.